The molecule has 3 N–H and O–H groups in total. The Morgan fingerprint density at radius 3 is 2.13 bits per heavy atom. The van der Waals surface area contributed by atoms with Gasteiger partial charge in [0.2, 0.25) is 0 Å². The van der Waals surface area contributed by atoms with Crippen molar-refractivity contribution in [3.63, 3.8) is 0 Å². The number of amides is 1. The van der Waals surface area contributed by atoms with E-state index in [-0.39, 0.29) is 13.2 Å². The van der Waals surface area contributed by atoms with Crippen LogP contribution in [0.5, 0.6) is 5.75 Å². The molecule has 0 atom stereocenters. The summed E-state index contributed by atoms with van der Waals surface area (Å²) in [4.78, 5) is 12.1. The maximum Gasteiger partial charge on any atom is 0.408 e. The second-order valence-electron chi connectivity index (χ2n) is 8.85. The normalized spacial score (nSPS) is 11.8. The Morgan fingerprint density at radius 1 is 0.903 bits per heavy atom. The van der Waals surface area contributed by atoms with Gasteiger partial charge in [0.1, 0.15) is 18.0 Å². The van der Waals surface area contributed by atoms with Crippen molar-refractivity contribution in [2.75, 3.05) is 13.2 Å². The van der Waals surface area contributed by atoms with Crippen LogP contribution in [0.25, 0.3) is 0 Å². The van der Waals surface area contributed by atoms with Crippen LogP contribution >= 0.6 is 0 Å². The zero-order valence-corrected chi connectivity index (χ0v) is 18.8. The van der Waals surface area contributed by atoms with E-state index in [1.165, 1.54) is 5.56 Å². The maximum atomic E-state index is 12.1. The highest BCUT2D eigenvalue weighted by Gasteiger charge is 2.32. The molecule has 2 rings (SSSR count). The topological polar surface area (TPSA) is 88.0 Å². The molecule has 0 aliphatic carbocycles. The van der Waals surface area contributed by atoms with Gasteiger partial charge in [0, 0.05) is 0 Å². The van der Waals surface area contributed by atoms with Crippen molar-refractivity contribution in [1.29, 1.82) is 0 Å². The maximum absolute atomic E-state index is 12.1. The minimum absolute atomic E-state index is 0.351. The number of benzene rings is 2. The summed E-state index contributed by atoms with van der Waals surface area (Å²) in [5.74, 6) is 0.828. The first kappa shape index (κ1) is 24.7. The smallest absolute Gasteiger partial charge is 0.408 e. The average Bonchev–Trinajstić information content (AvgIpc) is 2.74. The number of carbonyl (C=O) groups is 1. The number of aryl methyl sites for hydroxylation is 1. The molecule has 0 unspecified atom stereocenters. The van der Waals surface area contributed by atoms with E-state index in [9.17, 15) is 15.0 Å². The zero-order chi connectivity index (χ0) is 22.7. The van der Waals surface area contributed by atoms with E-state index in [4.69, 9.17) is 9.47 Å². The molecule has 0 bridgehead atoms. The lowest BCUT2D eigenvalue weighted by atomic mass is 9.93. The fraction of sp³-hybridized carbons (Fsp3) is 0.480. The van der Waals surface area contributed by atoms with Gasteiger partial charge >= 0.3 is 6.09 Å². The van der Waals surface area contributed by atoms with Crippen LogP contribution in [0.15, 0.2) is 54.6 Å². The Hall–Kier alpha value is -2.57. The number of alkyl carbamates (subject to hydrolysis) is 1. The predicted octanol–water partition coefficient (Wildman–Crippen LogP) is 4.23. The van der Waals surface area contributed by atoms with Crippen molar-refractivity contribution in [2.24, 2.45) is 0 Å². The molecule has 31 heavy (non-hydrogen) atoms. The molecule has 6 nitrogen and oxygen atoms in total. The van der Waals surface area contributed by atoms with Crippen molar-refractivity contribution >= 4 is 6.09 Å². The first-order chi connectivity index (χ1) is 14.8. The number of aliphatic hydroxyl groups excluding tert-OH is 2. The zero-order valence-electron chi connectivity index (χ0n) is 18.8. The van der Waals surface area contributed by atoms with E-state index < -0.39 is 17.2 Å². The number of ether oxygens (including phenoxy) is 2. The summed E-state index contributed by atoms with van der Waals surface area (Å²) in [6.07, 6.45) is 2.28. The van der Waals surface area contributed by atoms with E-state index in [2.05, 4.69) is 5.32 Å². The van der Waals surface area contributed by atoms with E-state index >= 15 is 0 Å². The molecule has 0 radical (unpaired) electrons. The minimum atomic E-state index is -1.09. The third-order valence-electron chi connectivity index (χ3n) is 4.91. The number of carbonyl (C=O) groups excluding carboxylic acids is 1. The summed E-state index contributed by atoms with van der Waals surface area (Å²) in [5, 5.41) is 22.2. The third-order valence-corrected chi connectivity index (χ3v) is 4.91. The van der Waals surface area contributed by atoms with Crippen LogP contribution in [-0.2, 0) is 17.8 Å². The Kier molecular flexibility index (Phi) is 9.34. The van der Waals surface area contributed by atoms with Gasteiger partial charge in [-0.1, -0.05) is 48.9 Å². The van der Waals surface area contributed by atoms with Gasteiger partial charge in [-0.15, -0.1) is 0 Å². The summed E-state index contributed by atoms with van der Waals surface area (Å²) in [6.45, 7) is 5.14. The molecule has 0 spiro atoms. The molecular formula is C25H35NO5. The number of hydrogen-bond donors (Lipinski definition) is 3. The van der Waals surface area contributed by atoms with E-state index in [0.717, 1.165) is 30.6 Å². The number of rotatable bonds is 11. The number of aliphatic hydroxyl groups is 2. The van der Waals surface area contributed by atoms with Crippen LogP contribution in [0.1, 0.15) is 51.2 Å². The summed E-state index contributed by atoms with van der Waals surface area (Å²) in [5.41, 5.74) is 0.586. The van der Waals surface area contributed by atoms with Gasteiger partial charge in [0.05, 0.1) is 18.8 Å². The van der Waals surface area contributed by atoms with Crippen molar-refractivity contribution in [1.82, 2.24) is 5.32 Å². The molecule has 1 amide bonds. The lowest BCUT2D eigenvalue weighted by molar-refractivity contribution is 0.0270. The first-order valence-corrected chi connectivity index (χ1v) is 10.7. The Bertz CT molecular complexity index is 780. The Morgan fingerprint density at radius 2 is 1.55 bits per heavy atom. The number of hydrogen-bond acceptors (Lipinski definition) is 5. The van der Waals surface area contributed by atoms with Crippen LogP contribution in [0.2, 0.25) is 0 Å². The predicted molar refractivity (Wildman–Crippen MR) is 121 cm³/mol. The fourth-order valence-corrected chi connectivity index (χ4v) is 3.16. The Labute approximate surface area is 185 Å². The lowest BCUT2D eigenvalue weighted by Gasteiger charge is -2.32. The Balaban J connectivity index is 1.77. The quantitative estimate of drug-likeness (QED) is 0.465. The molecular weight excluding hydrogens is 394 g/mol. The second-order valence-corrected chi connectivity index (χ2v) is 8.85. The molecule has 0 heterocycles. The molecule has 170 valence electrons. The fourth-order valence-electron chi connectivity index (χ4n) is 3.16. The minimum Gasteiger partial charge on any atom is -0.489 e. The van der Waals surface area contributed by atoms with Crippen molar-refractivity contribution in [3.8, 4) is 5.75 Å². The summed E-state index contributed by atoms with van der Waals surface area (Å²) in [7, 11) is 0. The van der Waals surface area contributed by atoms with Crippen LogP contribution in [0, 0.1) is 0 Å². The van der Waals surface area contributed by atoms with Gasteiger partial charge in [0.15, 0.2) is 0 Å². The summed E-state index contributed by atoms with van der Waals surface area (Å²) in [6, 6.07) is 18.1. The molecule has 0 saturated heterocycles. The molecule has 2 aromatic carbocycles. The standard InChI is InChI=1S/C25H35NO5/c1-24(2,3)31-23(29)26-25(18-27,19-28)16-8-7-9-20-12-14-22(15-13-20)30-17-21-10-5-4-6-11-21/h4-6,10-15,27-28H,7-9,16-19H2,1-3H3,(H,26,29). The second kappa shape index (κ2) is 11.7. The van der Waals surface area contributed by atoms with Gasteiger partial charge in [-0.2, -0.15) is 0 Å². The monoisotopic (exact) mass is 429 g/mol. The molecule has 0 aromatic heterocycles. The van der Waals surface area contributed by atoms with Crippen molar-refractivity contribution in [2.45, 2.75) is 64.2 Å². The molecule has 0 aliphatic rings. The molecule has 6 heteroatoms. The van der Waals surface area contributed by atoms with Crippen LogP contribution < -0.4 is 10.1 Å². The highest BCUT2D eigenvalue weighted by Crippen LogP contribution is 2.19. The van der Waals surface area contributed by atoms with E-state index in [1.54, 1.807) is 20.8 Å². The molecule has 2 aromatic rings. The highest BCUT2D eigenvalue weighted by molar-refractivity contribution is 5.68. The van der Waals surface area contributed by atoms with Gasteiger partial charge < -0.3 is 25.0 Å². The summed E-state index contributed by atoms with van der Waals surface area (Å²) < 4.78 is 11.1. The van der Waals surface area contributed by atoms with Crippen molar-refractivity contribution in [3.05, 3.63) is 65.7 Å². The van der Waals surface area contributed by atoms with Crippen LogP contribution in [0.3, 0.4) is 0 Å². The van der Waals surface area contributed by atoms with Gasteiger partial charge in [-0.05, 0) is 63.3 Å². The van der Waals surface area contributed by atoms with Gasteiger partial charge in [-0.3, -0.25) is 0 Å². The van der Waals surface area contributed by atoms with Gasteiger partial charge in [0.25, 0.3) is 0 Å². The highest BCUT2D eigenvalue weighted by atomic mass is 16.6. The third kappa shape index (κ3) is 8.99. The van der Waals surface area contributed by atoms with E-state index in [0.29, 0.717) is 13.0 Å². The van der Waals surface area contributed by atoms with Crippen molar-refractivity contribution < 1.29 is 24.5 Å². The van der Waals surface area contributed by atoms with Gasteiger partial charge in [-0.25, -0.2) is 4.79 Å². The van der Waals surface area contributed by atoms with Crippen LogP contribution in [0.4, 0.5) is 4.79 Å². The largest absolute Gasteiger partial charge is 0.489 e. The summed E-state index contributed by atoms with van der Waals surface area (Å²) >= 11 is 0. The SMILES string of the molecule is CC(C)(C)OC(=O)NC(CO)(CO)CCCCc1ccc(OCc2ccccc2)cc1. The van der Waals surface area contributed by atoms with E-state index in [1.807, 2.05) is 54.6 Å². The molecule has 0 saturated carbocycles. The number of unbranched alkanes of at least 4 members (excludes halogenated alkanes) is 1. The average molecular weight is 430 g/mol. The first-order valence-electron chi connectivity index (χ1n) is 10.7. The molecule has 0 aliphatic heterocycles. The number of nitrogens with one attached hydrogen (secondary N) is 1. The van der Waals surface area contributed by atoms with Crippen LogP contribution in [-0.4, -0.2) is 40.7 Å². The molecule has 0 fully saturated rings. The lowest BCUT2D eigenvalue weighted by Crippen LogP contribution is -2.55.